The standard InChI is InChI=1S/C22H20FN5O2S/c1-14-3-9-17(10-4-14)24-19(29)13-31-22-25-18-12-27(2)26-20(18)21(30)28(22)11-15-5-7-16(23)8-6-15/h3-10,12H,11,13H2,1-2H3,(H,24,29). The zero-order chi connectivity index (χ0) is 22.0. The molecule has 0 atom stereocenters. The van der Waals surface area contributed by atoms with Crippen molar-refractivity contribution >= 4 is 34.4 Å². The van der Waals surface area contributed by atoms with E-state index in [0.29, 0.717) is 16.4 Å². The number of rotatable bonds is 6. The number of thioether (sulfide) groups is 1. The summed E-state index contributed by atoms with van der Waals surface area (Å²) >= 11 is 1.17. The molecule has 2 aromatic carbocycles. The maximum Gasteiger partial charge on any atom is 0.282 e. The molecule has 7 nitrogen and oxygen atoms in total. The molecular weight excluding hydrogens is 417 g/mol. The van der Waals surface area contributed by atoms with Gasteiger partial charge < -0.3 is 5.32 Å². The fourth-order valence-electron chi connectivity index (χ4n) is 3.07. The topological polar surface area (TPSA) is 81.8 Å². The second-order valence-electron chi connectivity index (χ2n) is 7.15. The van der Waals surface area contributed by atoms with Crippen molar-refractivity contribution in [3.05, 3.63) is 82.0 Å². The number of aromatic nitrogens is 4. The summed E-state index contributed by atoms with van der Waals surface area (Å²) in [7, 11) is 1.72. The number of nitrogens with zero attached hydrogens (tertiary/aromatic N) is 4. The van der Waals surface area contributed by atoms with Gasteiger partial charge in [-0.3, -0.25) is 18.8 Å². The normalized spacial score (nSPS) is 11.1. The van der Waals surface area contributed by atoms with E-state index in [9.17, 15) is 14.0 Å². The number of carbonyl (C=O) groups excluding carboxylic acids is 1. The molecule has 0 fully saturated rings. The SMILES string of the molecule is Cc1ccc(NC(=O)CSc2nc3cn(C)nc3c(=O)n2Cc2ccc(F)cc2)cc1. The van der Waals surface area contributed by atoms with E-state index in [2.05, 4.69) is 15.4 Å². The Bertz CT molecular complexity index is 1300. The molecule has 0 unspecified atom stereocenters. The number of hydrogen-bond acceptors (Lipinski definition) is 5. The molecule has 0 saturated carbocycles. The van der Waals surface area contributed by atoms with Crippen molar-refractivity contribution < 1.29 is 9.18 Å². The van der Waals surface area contributed by atoms with E-state index in [-0.39, 0.29) is 35.1 Å². The van der Waals surface area contributed by atoms with Gasteiger partial charge in [-0.2, -0.15) is 5.10 Å². The summed E-state index contributed by atoms with van der Waals surface area (Å²) in [4.78, 5) is 30.0. The van der Waals surface area contributed by atoms with Crippen molar-refractivity contribution in [3.63, 3.8) is 0 Å². The van der Waals surface area contributed by atoms with Gasteiger partial charge in [-0.05, 0) is 36.8 Å². The minimum absolute atomic E-state index is 0.0789. The molecule has 2 heterocycles. The Labute approximate surface area is 181 Å². The lowest BCUT2D eigenvalue weighted by Gasteiger charge is -2.12. The van der Waals surface area contributed by atoms with Gasteiger partial charge in [0, 0.05) is 12.7 Å². The lowest BCUT2D eigenvalue weighted by Crippen LogP contribution is -2.25. The minimum atomic E-state index is -0.350. The zero-order valence-electron chi connectivity index (χ0n) is 17.0. The van der Waals surface area contributed by atoms with Crippen molar-refractivity contribution in [2.75, 3.05) is 11.1 Å². The monoisotopic (exact) mass is 437 g/mol. The molecule has 0 radical (unpaired) electrons. The van der Waals surface area contributed by atoms with Gasteiger partial charge in [-0.15, -0.1) is 0 Å². The van der Waals surface area contributed by atoms with Crippen LogP contribution < -0.4 is 10.9 Å². The number of halogens is 1. The zero-order valence-corrected chi connectivity index (χ0v) is 17.8. The maximum absolute atomic E-state index is 13.3. The van der Waals surface area contributed by atoms with Gasteiger partial charge in [0.25, 0.3) is 5.56 Å². The first-order valence-electron chi connectivity index (χ1n) is 9.57. The third-order valence-electron chi connectivity index (χ3n) is 4.63. The fraction of sp³-hybridized carbons (Fsp3) is 0.182. The van der Waals surface area contributed by atoms with Crippen LogP contribution in [-0.2, 0) is 18.4 Å². The van der Waals surface area contributed by atoms with Crippen LogP contribution in [0.15, 0.2) is 64.7 Å². The van der Waals surface area contributed by atoms with Gasteiger partial charge >= 0.3 is 0 Å². The second-order valence-corrected chi connectivity index (χ2v) is 8.09. The summed E-state index contributed by atoms with van der Waals surface area (Å²) in [5.74, 6) is -0.477. The Hall–Kier alpha value is -3.46. The van der Waals surface area contributed by atoms with Gasteiger partial charge in [-0.25, -0.2) is 9.37 Å². The number of aryl methyl sites for hydroxylation is 2. The van der Waals surface area contributed by atoms with Gasteiger partial charge in [0.05, 0.1) is 18.5 Å². The van der Waals surface area contributed by atoms with Crippen LogP contribution in [0.2, 0.25) is 0 Å². The fourth-order valence-corrected chi connectivity index (χ4v) is 3.87. The highest BCUT2D eigenvalue weighted by Crippen LogP contribution is 2.19. The van der Waals surface area contributed by atoms with E-state index < -0.39 is 0 Å². The average Bonchev–Trinajstić information content (AvgIpc) is 3.12. The summed E-state index contributed by atoms with van der Waals surface area (Å²) in [6.45, 7) is 2.17. The van der Waals surface area contributed by atoms with Crippen LogP contribution in [0.5, 0.6) is 0 Å². The van der Waals surface area contributed by atoms with Crippen LogP contribution in [0.3, 0.4) is 0 Å². The van der Waals surface area contributed by atoms with Gasteiger partial charge in [-0.1, -0.05) is 41.6 Å². The molecule has 0 aliphatic heterocycles. The Balaban J connectivity index is 1.60. The Morgan fingerprint density at radius 2 is 1.84 bits per heavy atom. The number of nitrogens with one attached hydrogen (secondary N) is 1. The summed E-state index contributed by atoms with van der Waals surface area (Å²) in [5, 5.41) is 7.44. The van der Waals surface area contributed by atoms with Crippen LogP contribution in [0.4, 0.5) is 10.1 Å². The summed E-state index contributed by atoms with van der Waals surface area (Å²) in [6, 6.07) is 13.4. The smallest absolute Gasteiger partial charge is 0.282 e. The molecule has 0 aliphatic carbocycles. The van der Waals surface area contributed by atoms with Crippen molar-refractivity contribution in [3.8, 4) is 0 Å². The van der Waals surface area contributed by atoms with Gasteiger partial charge in [0.15, 0.2) is 10.7 Å². The lowest BCUT2D eigenvalue weighted by molar-refractivity contribution is -0.113. The van der Waals surface area contributed by atoms with E-state index in [4.69, 9.17) is 0 Å². The van der Waals surface area contributed by atoms with E-state index in [1.807, 2.05) is 31.2 Å². The van der Waals surface area contributed by atoms with E-state index >= 15 is 0 Å². The molecule has 4 rings (SSSR count). The molecule has 1 amide bonds. The average molecular weight is 438 g/mol. The third kappa shape index (κ3) is 4.83. The highest BCUT2D eigenvalue weighted by molar-refractivity contribution is 7.99. The van der Waals surface area contributed by atoms with Crippen LogP contribution in [0.1, 0.15) is 11.1 Å². The highest BCUT2D eigenvalue weighted by atomic mass is 32.2. The van der Waals surface area contributed by atoms with Crippen LogP contribution in [-0.4, -0.2) is 31.0 Å². The number of anilines is 1. The largest absolute Gasteiger partial charge is 0.325 e. The highest BCUT2D eigenvalue weighted by Gasteiger charge is 2.16. The summed E-state index contributed by atoms with van der Waals surface area (Å²) < 4.78 is 16.3. The quantitative estimate of drug-likeness (QED) is 0.370. The molecule has 31 heavy (non-hydrogen) atoms. The van der Waals surface area contributed by atoms with E-state index in [1.54, 1.807) is 25.4 Å². The number of hydrogen-bond donors (Lipinski definition) is 1. The van der Waals surface area contributed by atoms with Gasteiger partial charge in [0.1, 0.15) is 11.3 Å². The second kappa shape index (κ2) is 8.73. The van der Waals surface area contributed by atoms with Crippen LogP contribution >= 0.6 is 11.8 Å². The third-order valence-corrected chi connectivity index (χ3v) is 5.60. The predicted octanol–water partition coefficient (Wildman–Crippen LogP) is 3.36. The molecule has 0 aliphatic rings. The lowest BCUT2D eigenvalue weighted by atomic mass is 10.2. The predicted molar refractivity (Wildman–Crippen MR) is 119 cm³/mol. The van der Waals surface area contributed by atoms with Crippen molar-refractivity contribution in [1.82, 2.24) is 19.3 Å². The Kier molecular flexibility index (Phi) is 5.85. The van der Waals surface area contributed by atoms with Crippen LogP contribution in [0.25, 0.3) is 11.0 Å². The molecule has 2 aromatic heterocycles. The minimum Gasteiger partial charge on any atom is -0.325 e. The first-order chi connectivity index (χ1) is 14.9. The van der Waals surface area contributed by atoms with E-state index in [0.717, 1.165) is 11.1 Å². The molecule has 4 aromatic rings. The number of benzene rings is 2. The maximum atomic E-state index is 13.3. The Morgan fingerprint density at radius 3 is 2.55 bits per heavy atom. The molecule has 0 bridgehead atoms. The van der Waals surface area contributed by atoms with E-state index in [1.165, 1.54) is 33.1 Å². The number of carbonyl (C=O) groups is 1. The van der Waals surface area contributed by atoms with Crippen molar-refractivity contribution in [2.24, 2.45) is 7.05 Å². The first-order valence-corrected chi connectivity index (χ1v) is 10.6. The molecular formula is C22H20FN5O2S. The summed E-state index contributed by atoms with van der Waals surface area (Å²) in [6.07, 6.45) is 1.66. The van der Waals surface area contributed by atoms with Crippen LogP contribution in [0, 0.1) is 12.7 Å². The number of fused-ring (bicyclic) bond motifs is 1. The molecule has 0 spiro atoms. The first kappa shape index (κ1) is 20.8. The molecule has 9 heteroatoms. The van der Waals surface area contributed by atoms with Gasteiger partial charge in [0.2, 0.25) is 5.91 Å². The Morgan fingerprint density at radius 1 is 1.13 bits per heavy atom. The molecule has 0 saturated heterocycles. The molecule has 1 N–H and O–H groups in total. The van der Waals surface area contributed by atoms with Crippen molar-refractivity contribution in [2.45, 2.75) is 18.6 Å². The number of amides is 1. The van der Waals surface area contributed by atoms with Crippen molar-refractivity contribution in [1.29, 1.82) is 0 Å². The summed E-state index contributed by atoms with van der Waals surface area (Å²) in [5.41, 5.74) is 2.95. The molecule has 158 valence electrons.